The molecule has 4 atom stereocenters. The van der Waals surface area contributed by atoms with E-state index in [4.69, 9.17) is 0 Å². The summed E-state index contributed by atoms with van der Waals surface area (Å²) in [6.07, 6.45) is 2.35. The number of hydrogen-bond donors (Lipinski definition) is 0. The minimum Gasteiger partial charge on any atom is -0.292 e. The first-order valence-electron chi connectivity index (χ1n) is 11.4. The number of amides is 3. The molecule has 2 aromatic carbocycles. The van der Waals surface area contributed by atoms with Crippen molar-refractivity contribution in [2.75, 3.05) is 6.54 Å². The van der Waals surface area contributed by atoms with E-state index in [9.17, 15) is 39.4 Å². The van der Waals surface area contributed by atoms with Gasteiger partial charge in [0.25, 0.3) is 29.1 Å². The van der Waals surface area contributed by atoms with E-state index in [1.54, 1.807) is 0 Å². The number of nitro groups is 2. The molecule has 0 radical (unpaired) electrons. The third-order valence-corrected chi connectivity index (χ3v) is 7.38. The molecule has 5 rings (SSSR count). The highest BCUT2D eigenvalue weighted by Gasteiger charge is 2.62. The Morgan fingerprint density at radius 2 is 1.56 bits per heavy atom. The second-order valence-corrected chi connectivity index (χ2v) is 9.24. The molecule has 0 spiro atoms. The van der Waals surface area contributed by atoms with Gasteiger partial charge in [0.1, 0.15) is 12.1 Å². The van der Waals surface area contributed by atoms with Crippen LogP contribution in [0.3, 0.4) is 0 Å². The van der Waals surface area contributed by atoms with Crippen molar-refractivity contribution in [2.24, 2.45) is 23.7 Å². The molecular weight excluding hydrogens is 472 g/mol. The van der Waals surface area contributed by atoms with E-state index in [0.717, 1.165) is 31.4 Å². The lowest BCUT2D eigenvalue weighted by molar-refractivity contribution is -0.385. The summed E-state index contributed by atoms with van der Waals surface area (Å²) in [5, 5.41) is 24.0. The number of hydrazine groups is 1. The number of fused-ring (bicyclic) bond motifs is 5. The molecule has 0 aromatic heterocycles. The molecular formula is C24H20N4O8. The van der Waals surface area contributed by atoms with Crippen molar-refractivity contribution >= 4 is 34.9 Å². The molecule has 0 unspecified atom stereocenters. The number of Topliss-reactive ketones (excluding diaryl/α,β-unsaturated/α-hetero) is 1. The molecule has 12 heteroatoms. The summed E-state index contributed by atoms with van der Waals surface area (Å²) in [6, 6.07) is 9.87. The van der Waals surface area contributed by atoms with E-state index in [0.29, 0.717) is 10.0 Å². The van der Waals surface area contributed by atoms with Gasteiger partial charge >= 0.3 is 0 Å². The summed E-state index contributed by atoms with van der Waals surface area (Å²) in [5.74, 6) is -4.20. The SMILES string of the molecule is O=C(CN(C(=O)c1ccccc1[N+](=O)[O-])N1C(=O)[C@@H]2[C@H]3CC[C@@H](C3)[C@@H]2C1=O)c1cccc([N+](=O)[O-])c1. The molecule has 3 fully saturated rings. The van der Waals surface area contributed by atoms with Gasteiger partial charge in [0.05, 0.1) is 21.7 Å². The first-order chi connectivity index (χ1) is 17.2. The van der Waals surface area contributed by atoms with Crippen LogP contribution in [0.1, 0.15) is 40.0 Å². The van der Waals surface area contributed by atoms with Crippen LogP contribution >= 0.6 is 0 Å². The van der Waals surface area contributed by atoms with Crippen LogP contribution in [-0.2, 0) is 9.59 Å². The van der Waals surface area contributed by atoms with Gasteiger partial charge in [-0.3, -0.25) is 39.4 Å². The van der Waals surface area contributed by atoms with E-state index in [1.165, 1.54) is 36.4 Å². The third-order valence-electron chi connectivity index (χ3n) is 7.38. The number of para-hydroxylation sites is 1. The molecule has 1 aliphatic heterocycles. The average molecular weight is 492 g/mol. The fraction of sp³-hybridized carbons (Fsp3) is 0.333. The lowest BCUT2D eigenvalue weighted by Gasteiger charge is -2.30. The van der Waals surface area contributed by atoms with Crippen LogP contribution in [0.2, 0.25) is 0 Å². The third kappa shape index (κ3) is 3.61. The zero-order chi connectivity index (χ0) is 25.7. The highest BCUT2D eigenvalue weighted by molar-refractivity contribution is 6.10. The first-order valence-corrected chi connectivity index (χ1v) is 11.4. The zero-order valence-electron chi connectivity index (χ0n) is 18.8. The second kappa shape index (κ2) is 8.63. The number of nitrogens with zero attached hydrogens (tertiary/aromatic N) is 4. The van der Waals surface area contributed by atoms with Crippen molar-refractivity contribution in [2.45, 2.75) is 19.3 Å². The summed E-state index contributed by atoms with van der Waals surface area (Å²) in [6.45, 7) is -0.807. The number of carbonyl (C=O) groups excluding carboxylic acids is 4. The quantitative estimate of drug-likeness (QED) is 0.247. The van der Waals surface area contributed by atoms with Crippen LogP contribution in [0.25, 0.3) is 0 Å². The normalized spacial score (nSPS) is 24.1. The van der Waals surface area contributed by atoms with Gasteiger partial charge < -0.3 is 0 Å². The Bertz CT molecular complexity index is 1310. The molecule has 3 aliphatic rings. The Kier molecular flexibility index (Phi) is 5.58. The van der Waals surface area contributed by atoms with Crippen LogP contribution in [0.5, 0.6) is 0 Å². The number of hydrogen-bond acceptors (Lipinski definition) is 8. The molecule has 184 valence electrons. The summed E-state index contributed by atoms with van der Waals surface area (Å²) < 4.78 is 0. The van der Waals surface area contributed by atoms with Gasteiger partial charge in [-0.05, 0) is 37.2 Å². The predicted molar refractivity (Wildman–Crippen MR) is 121 cm³/mol. The Balaban J connectivity index is 1.54. The number of benzene rings is 2. The van der Waals surface area contributed by atoms with Crippen molar-refractivity contribution in [3.8, 4) is 0 Å². The molecule has 1 heterocycles. The maximum Gasteiger partial charge on any atom is 0.282 e. The maximum absolute atomic E-state index is 13.6. The summed E-state index contributed by atoms with van der Waals surface area (Å²) in [5.41, 5.74) is -1.40. The molecule has 2 aromatic rings. The number of ketones is 1. The number of rotatable bonds is 7. The topological polar surface area (TPSA) is 161 Å². The van der Waals surface area contributed by atoms with Gasteiger partial charge in [0.2, 0.25) is 0 Å². The molecule has 36 heavy (non-hydrogen) atoms. The minimum atomic E-state index is -1.06. The molecule has 1 saturated heterocycles. The van der Waals surface area contributed by atoms with Crippen LogP contribution in [0.15, 0.2) is 48.5 Å². The van der Waals surface area contributed by atoms with Gasteiger partial charge in [-0.1, -0.05) is 24.3 Å². The predicted octanol–water partition coefficient (Wildman–Crippen LogP) is 2.77. The Labute approximate surface area is 203 Å². The minimum absolute atomic E-state index is 0.0111. The maximum atomic E-state index is 13.6. The summed E-state index contributed by atoms with van der Waals surface area (Å²) in [7, 11) is 0. The van der Waals surface area contributed by atoms with Crippen molar-refractivity contribution in [3.63, 3.8) is 0 Å². The van der Waals surface area contributed by atoms with Gasteiger partial charge in [-0.2, -0.15) is 5.01 Å². The lowest BCUT2D eigenvalue weighted by Crippen LogP contribution is -2.52. The zero-order valence-corrected chi connectivity index (χ0v) is 18.8. The van der Waals surface area contributed by atoms with Crippen molar-refractivity contribution in [1.29, 1.82) is 0 Å². The van der Waals surface area contributed by atoms with Crippen molar-refractivity contribution in [1.82, 2.24) is 10.0 Å². The van der Waals surface area contributed by atoms with E-state index >= 15 is 0 Å². The highest BCUT2D eigenvalue weighted by Crippen LogP contribution is 2.56. The van der Waals surface area contributed by atoms with Gasteiger partial charge in [-0.25, -0.2) is 5.01 Å². The molecule has 0 N–H and O–H groups in total. The average Bonchev–Trinajstić information content (AvgIpc) is 3.56. The molecule has 2 saturated carbocycles. The van der Waals surface area contributed by atoms with Crippen molar-refractivity contribution < 1.29 is 29.0 Å². The van der Waals surface area contributed by atoms with E-state index in [-0.39, 0.29) is 23.1 Å². The van der Waals surface area contributed by atoms with Crippen LogP contribution < -0.4 is 0 Å². The number of imide groups is 1. The summed E-state index contributed by atoms with van der Waals surface area (Å²) in [4.78, 5) is 74.8. The van der Waals surface area contributed by atoms with E-state index in [1.807, 2.05) is 0 Å². The van der Waals surface area contributed by atoms with Gasteiger partial charge in [0.15, 0.2) is 5.78 Å². The highest BCUT2D eigenvalue weighted by atomic mass is 16.6. The van der Waals surface area contributed by atoms with Crippen LogP contribution in [0, 0.1) is 43.9 Å². The largest absolute Gasteiger partial charge is 0.292 e. The van der Waals surface area contributed by atoms with E-state index in [2.05, 4.69) is 0 Å². The number of nitro benzene ring substituents is 2. The standard InChI is InChI=1S/C24H20N4O8/c29-19(13-4-3-5-16(11-13)27(33)34)12-25(22(30)17-6-1-2-7-18(17)28(35)36)26-23(31)20-14-8-9-15(10-14)21(20)24(26)32/h1-7,11,14-15,20-21H,8-10,12H2/t14-,15-,20-,21+/m0/s1. The van der Waals surface area contributed by atoms with Crippen LogP contribution in [-0.4, -0.2) is 49.9 Å². The van der Waals surface area contributed by atoms with Gasteiger partial charge in [-0.15, -0.1) is 0 Å². The second-order valence-electron chi connectivity index (χ2n) is 9.24. The number of carbonyl (C=O) groups is 4. The molecule has 12 nitrogen and oxygen atoms in total. The first kappa shape index (κ1) is 23.3. The smallest absolute Gasteiger partial charge is 0.282 e. The monoisotopic (exact) mass is 492 g/mol. The Hall–Kier alpha value is -4.48. The molecule has 3 amide bonds. The van der Waals surface area contributed by atoms with Crippen molar-refractivity contribution in [3.05, 3.63) is 79.9 Å². The Morgan fingerprint density at radius 1 is 0.917 bits per heavy atom. The fourth-order valence-electron chi connectivity index (χ4n) is 5.84. The number of non-ortho nitro benzene ring substituents is 1. The molecule has 2 bridgehead atoms. The van der Waals surface area contributed by atoms with E-state index < -0.39 is 63.0 Å². The fourth-order valence-corrected chi connectivity index (χ4v) is 5.84. The Morgan fingerprint density at radius 3 is 2.17 bits per heavy atom. The van der Waals surface area contributed by atoms with Crippen LogP contribution in [0.4, 0.5) is 11.4 Å². The summed E-state index contributed by atoms with van der Waals surface area (Å²) >= 11 is 0. The molecule has 2 aliphatic carbocycles. The lowest BCUT2D eigenvalue weighted by atomic mass is 9.81. The van der Waals surface area contributed by atoms with Gasteiger partial charge in [0, 0.05) is 23.8 Å².